The maximum absolute atomic E-state index is 11.5. The zero-order valence-corrected chi connectivity index (χ0v) is 11.9. The summed E-state index contributed by atoms with van der Waals surface area (Å²) < 4.78 is 4.93. The van der Waals surface area contributed by atoms with Crippen molar-refractivity contribution < 1.29 is 9.53 Å². The Hall–Kier alpha value is -1.58. The topological polar surface area (TPSA) is 51.2 Å². The first-order chi connectivity index (χ1) is 9.00. The highest BCUT2D eigenvalue weighted by atomic mass is 16.5. The molecule has 1 aliphatic carbocycles. The van der Waals surface area contributed by atoms with Crippen molar-refractivity contribution in [2.24, 2.45) is 5.41 Å². The molecular formula is C15H22N2O2. The van der Waals surface area contributed by atoms with Crippen LogP contribution in [0.25, 0.3) is 0 Å². The summed E-state index contributed by atoms with van der Waals surface area (Å²) in [6.45, 7) is 6.77. The SMILES string of the molecule is CCOC(=O)c1ccc(NC2CCC(C)(C)C2)nc1. The Morgan fingerprint density at radius 1 is 1.53 bits per heavy atom. The number of ether oxygens (including phenoxy) is 1. The number of anilines is 1. The lowest BCUT2D eigenvalue weighted by Crippen LogP contribution is -2.18. The second-order valence-corrected chi connectivity index (χ2v) is 5.90. The third kappa shape index (κ3) is 3.69. The first kappa shape index (κ1) is 13.8. The predicted octanol–water partition coefficient (Wildman–Crippen LogP) is 3.25. The zero-order chi connectivity index (χ0) is 13.9. The lowest BCUT2D eigenvalue weighted by molar-refractivity contribution is 0.0526. The van der Waals surface area contributed by atoms with Crippen LogP contribution in [0.4, 0.5) is 5.82 Å². The summed E-state index contributed by atoms with van der Waals surface area (Å²) in [5.74, 6) is 0.513. The molecule has 1 aromatic heterocycles. The molecule has 1 unspecified atom stereocenters. The molecule has 1 heterocycles. The van der Waals surface area contributed by atoms with E-state index in [1.54, 1.807) is 19.2 Å². The maximum atomic E-state index is 11.5. The van der Waals surface area contributed by atoms with Crippen LogP contribution in [-0.2, 0) is 4.74 Å². The highest BCUT2D eigenvalue weighted by molar-refractivity contribution is 5.89. The minimum atomic E-state index is -0.316. The van der Waals surface area contributed by atoms with Crippen LogP contribution in [0, 0.1) is 5.41 Å². The van der Waals surface area contributed by atoms with Gasteiger partial charge in [0.2, 0.25) is 0 Å². The molecule has 0 aromatic carbocycles. The number of nitrogens with zero attached hydrogens (tertiary/aromatic N) is 1. The monoisotopic (exact) mass is 262 g/mol. The summed E-state index contributed by atoms with van der Waals surface area (Å²) in [7, 11) is 0. The van der Waals surface area contributed by atoms with Gasteiger partial charge in [0.1, 0.15) is 5.82 Å². The molecule has 1 N–H and O–H groups in total. The van der Waals surface area contributed by atoms with Crippen molar-refractivity contribution in [2.45, 2.75) is 46.1 Å². The average Bonchev–Trinajstić information content (AvgIpc) is 2.70. The molecular weight excluding hydrogens is 240 g/mol. The Morgan fingerprint density at radius 3 is 2.84 bits per heavy atom. The van der Waals surface area contributed by atoms with Crippen molar-refractivity contribution in [2.75, 3.05) is 11.9 Å². The molecule has 0 spiro atoms. The second kappa shape index (κ2) is 5.59. The Bertz CT molecular complexity index is 440. The highest BCUT2D eigenvalue weighted by Gasteiger charge is 2.30. The fourth-order valence-corrected chi connectivity index (χ4v) is 2.58. The molecule has 4 heteroatoms. The predicted molar refractivity (Wildman–Crippen MR) is 75.2 cm³/mol. The van der Waals surface area contributed by atoms with Crippen LogP contribution < -0.4 is 5.32 Å². The highest BCUT2D eigenvalue weighted by Crippen LogP contribution is 2.38. The first-order valence-corrected chi connectivity index (χ1v) is 6.90. The van der Waals surface area contributed by atoms with E-state index in [2.05, 4.69) is 24.1 Å². The van der Waals surface area contributed by atoms with E-state index in [0.717, 1.165) is 12.2 Å². The quantitative estimate of drug-likeness (QED) is 0.846. The van der Waals surface area contributed by atoms with Gasteiger partial charge in [-0.2, -0.15) is 0 Å². The number of carbonyl (C=O) groups excluding carboxylic acids is 1. The molecule has 2 rings (SSSR count). The molecule has 0 aliphatic heterocycles. The van der Waals surface area contributed by atoms with Crippen molar-refractivity contribution in [3.63, 3.8) is 0 Å². The minimum Gasteiger partial charge on any atom is -0.462 e. The van der Waals surface area contributed by atoms with E-state index in [1.807, 2.05) is 6.07 Å². The summed E-state index contributed by atoms with van der Waals surface area (Å²) in [4.78, 5) is 15.8. The molecule has 0 amide bonds. The van der Waals surface area contributed by atoms with Gasteiger partial charge in [0.15, 0.2) is 0 Å². The molecule has 1 atom stereocenters. The fourth-order valence-electron chi connectivity index (χ4n) is 2.58. The van der Waals surface area contributed by atoms with Crippen LogP contribution in [0.3, 0.4) is 0 Å². The van der Waals surface area contributed by atoms with Crippen LogP contribution in [0.1, 0.15) is 50.4 Å². The van der Waals surface area contributed by atoms with Gasteiger partial charge in [-0.15, -0.1) is 0 Å². The van der Waals surface area contributed by atoms with E-state index in [1.165, 1.54) is 12.8 Å². The van der Waals surface area contributed by atoms with Gasteiger partial charge in [-0.25, -0.2) is 9.78 Å². The van der Waals surface area contributed by atoms with Crippen LogP contribution in [-0.4, -0.2) is 23.6 Å². The molecule has 1 fully saturated rings. The first-order valence-electron chi connectivity index (χ1n) is 6.90. The largest absolute Gasteiger partial charge is 0.462 e. The summed E-state index contributed by atoms with van der Waals surface area (Å²) >= 11 is 0. The molecule has 1 aromatic rings. The number of pyridine rings is 1. The number of esters is 1. The van der Waals surface area contributed by atoms with Crippen molar-refractivity contribution in [3.8, 4) is 0 Å². The summed E-state index contributed by atoms with van der Waals surface area (Å²) in [6, 6.07) is 4.08. The minimum absolute atomic E-state index is 0.316. The van der Waals surface area contributed by atoms with E-state index in [4.69, 9.17) is 4.74 Å². The molecule has 0 bridgehead atoms. The van der Waals surface area contributed by atoms with Gasteiger partial charge >= 0.3 is 5.97 Å². The molecule has 1 saturated carbocycles. The summed E-state index contributed by atoms with van der Waals surface area (Å²) in [5.41, 5.74) is 0.918. The van der Waals surface area contributed by atoms with Gasteiger partial charge in [0, 0.05) is 12.2 Å². The van der Waals surface area contributed by atoms with E-state index in [-0.39, 0.29) is 5.97 Å². The van der Waals surface area contributed by atoms with Crippen molar-refractivity contribution in [3.05, 3.63) is 23.9 Å². The molecule has 1 aliphatic rings. The van der Waals surface area contributed by atoms with Gasteiger partial charge in [-0.05, 0) is 43.7 Å². The van der Waals surface area contributed by atoms with E-state index < -0.39 is 0 Å². The van der Waals surface area contributed by atoms with Gasteiger partial charge in [-0.3, -0.25) is 0 Å². The number of aromatic nitrogens is 1. The van der Waals surface area contributed by atoms with Gasteiger partial charge < -0.3 is 10.1 Å². The van der Waals surface area contributed by atoms with Crippen LogP contribution in [0.2, 0.25) is 0 Å². The number of rotatable bonds is 4. The average molecular weight is 262 g/mol. The number of carbonyl (C=O) groups is 1. The second-order valence-electron chi connectivity index (χ2n) is 5.90. The maximum Gasteiger partial charge on any atom is 0.339 e. The smallest absolute Gasteiger partial charge is 0.339 e. The summed E-state index contributed by atoms with van der Waals surface area (Å²) in [6.07, 6.45) is 5.15. The molecule has 104 valence electrons. The normalized spacial score (nSPS) is 21.1. The number of hydrogen-bond donors (Lipinski definition) is 1. The molecule has 0 radical (unpaired) electrons. The van der Waals surface area contributed by atoms with Crippen LogP contribution in [0.15, 0.2) is 18.3 Å². The van der Waals surface area contributed by atoms with Crippen molar-refractivity contribution in [1.82, 2.24) is 4.98 Å². The Labute approximate surface area is 114 Å². The molecule has 4 nitrogen and oxygen atoms in total. The van der Waals surface area contributed by atoms with Crippen molar-refractivity contribution >= 4 is 11.8 Å². The lowest BCUT2D eigenvalue weighted by atomic mass is 9.92. The molecule has 19 heavy (non-hydrogen) atoms. The third-order valence-electron chi connectivity index (χ3n) is 3.60. The van der Waals surface area contributed by atoms with Gasteiger partial charge in [0.05, 0.1) is 12.2 Å². The Kier molecular flexibility index (Phi) is 4.08. The van der Waals surface area contributed by atoms with E-state index >= 15 is 0 Å². The van der Waals surface area contributed by atoms with Crippen LogP contribution in [0.5, 0.6) is 0 Å². The Morgan fingerprint density at radius 2 is 2.32 bits per heavy atom. The summed E-state index contributed by atoms with van der Waals surface area (Å²) in [5, 5.41) is 3.43. The van der Waals surface area contributed by atoms with Gasteiger partial charge in [-0.1, -0.05) is 13.8 Å². The van der Waals surface area contributed by atoms with E-state index in [9.17, 15) is 4.79 Å². The number of hydrogen-bond acceptors (Lipinski definition) is 4. The van der Waals surface area contributed by atoms with Crippen molar-refractivity contribution in [1.29, 1.82) is 0 Å². The standard InChI is InChI=1S/C15H22N2O2/c1-4-19-14(18)11-5-6-13(16-10-11)17-12-7-8-15(2,3)9-12/h5-6,10,12H,4,7-9H2,1-3H3,(H,16,17). The van der Waals surface area contributed by atoms with Crippen LogP contribution >= 0.6 is 0 Å². The number of nitrogens with one attached hydrogen (secondary N) is 1. The third-order valence-corrected chi connectivity index (χ3v) is 3.60. The Balaban J connectivity index is 1.94. The lowest BCUT2D eigenvalue weighted by Gasteiger charge is -2.18. The van der Waals surface area contributed by atoms with Gasteiger partial charge in [0.25, 0.3) is 0 Å². The van der Waals surface area contributed by atoms with E-state index in [0.29, 0.717) is 23.6 Å². The zero-order valence-electron chi connectivity index (χ0n) is 11.9. The fraction of sp³-hybridized carbons (Fsp3) is 0.600. The molecule has 0 saturated heterocycles.